The molecule has 0 saturated carbocycles. The van der Waals surface area contributed by atoms with Crippen molar-refractivity contribution in [1.29, 1.82) is 0 Å². The van der Waals surface area contributed by atoms with Gasteiger partial charge in [0.1, 0.15) is 6.04 Å². The van der Waals surface area contributed by atoms with Gasteiger partial charge in [0.05, 0.1) is 7.11 Å². The molecule has 0 aliphatic carbocycles. The molecule has 1 unspecified atom stereocenters. The summed E-state index contributed by atoms with van der Waals surface area (Å²) in [6, 6.07) is 5.53. The number of halogens is 1. The van der Waals surface area contributed by atoms with E-state index in [2.05, 4.69) is 21.2 Å². The van der Waals surface area contributed by atoms with Crippen LogP contribution in [0.1, 0.15) is 17.2 Å². The molecule has 0 fully saturated rings. The fraction of sp³-hybridized carbons (Fsp3) is 0.300. The third kappa shape index (κ3) is 1.44. The maximum atomic E-state index is 11.4. The lowest BCUT2D eigenvalue weighted by Gasteiger charge is -2.08. The summed E-state index contributed by atoms with van der Waals surface area (Å²) in [7, 11) is 1.40. The molecule has 74 valence electrons. The van der Waals surface area contributed by atoms with Gasteiger partial charge in [-0.1, -0.05) is 28.1 Å². The number of nitrogens with one attached hydrogen (secondary N) is 1. The van der Waals surface area contributed by atoms with E-state index in [9.17, 15) is 4.79 Å². The minimum Gasteiger partial charge on any atom is -0.468 e. The summed E-state index contributed by atoms with van der Waals surface area (Å²) >= 11 is 3.45. The van der Waals surface area contributed by atoms with Crippen LogP contribution in [0.5, 0.6) is 0 Å². The molecule has 0 radical (unpaired) electrons. The van der Waals surface area contributed by atoms with E-state index in [4.69, 9.17) is 4.74 Å². The third-order valence-electron chi connectivity index (χ3n) is 2.39. The molecule has 1 aliphatic rings. The van der Waals surface area contributed by atoms with Crippen molar-refractivity contribution in [2.24, 2.45) is 0 Å². The lowest BCUT2D eigenvalue weighted by atomic mass is 10.1. The Kier molecular flexibility index (Phi) is 2.56. The minimum absolute atomic E-state index is 0.234. The predicted molar refractivity (Wildman–Crippen MR) is 55.7 cm³/mol. The monoisotopic (exact) mass is 255 g/mol. The van der Waals surface area contributed by atoms with Crippen LogP contribution in [0.15, 0.2) is 22.7 Å². The maximum absolute atomic E-state index is 11.4. The van der Waals surface area contributed by atoms with Crippen molar-refractivity contribution in [1.82, 2.24) is 5.32 Å². The van der Waals surface area contributed by atoms with Crippen molar-refractivity contribution in [3.05, 3.63) is 33.8 Å². The van der Waals surface area contributed by atoms with E-state index in [1.54, 1.807) is 0 Å². The number of benzene rings is 1. The highest BCUT2D eigenvalue weighted by molar-refractivity contribution is 9.10. The summed E-state index contributed by atoms with van der Waals surface area (Å²) in [5.41, 5.74) is 2.15. The smallest absolute Gasteiger partial charge is 0.327 e. The molecule has 0 spiro atoms. The first-order valence-corrected chi connectivity index (χ1v) is 5.12. The van der Waals surface area contributed by atoms with Crippen LogP contribution >= 0.6 is 15.9 Å². The Balaban J connectivity index is 2.40. The molecule has 1 atom stereocenters. The molecule has 0 amide bonds. The third-order valence-corrected chi connectivity index (χ3v) is 3.13. The van der Waals surface area contributed by atoms with Gasteiger partial charge in [-0.25, -0.2) is 4.79 Å². The van der Waals surface area contributed by atoms with E-state index in [0.29, 0.717) is 6.54 Å². The van der Waals surface area contributed by atoms with Crippen molar-refractivity contribution in [3.8, 4) is 0 Å². The first-order chi connectivity index (χ1) is 6.74. The van der Waals surface area contributed by atoms with Gasteiger partial charge in [-0.15, -0.1) is 0 Å². The number of hydrogen-bond donors (Lipinski definition) is 1. The van der Waals surface area contributed by atoms with E-state index >= 15 is 0 Å². The number of ether oxygens (including phenoxy) is 1. The standard InChI is InChI=1S/C10H10BrNO2/c1-14-10(13)9-6-3-2-4-8(11)7(6)5-12-9/h2-4,9,12H,5H2,1H3. The zero-order chi connectivity index (χ0) is 10.1. The van der Waals surface area contributed by atoms with Gasteiger partial charge < -0.3 is 4.74 Å². The summed E-state index contributed by atoms with van der Waals surface area (Å²) in [6.07, 6.45) is 0. The Morgan fingerprint density at radius 2 is 2.43 bits per heavy atom. The molecule has 4 heteroatoms. The largest absolute Gasteiger partial charge is 0.468 e. The molecule has 2 rings (SSSR count). The molecule has 1 aromatic carbocycles. The Morgan fingerprint density at radius 3 is 3.14 bits per heavy atom. The van der Waals surface area contributed by atoms with Crippen molar-refractivity contribution in [2.75, 3.05) is 7.11 Å². The molecule has 1 aromatic rings. The highest BCUT2D eigenvalue weighted by Crippen LogP contribution is 2.31. The number of methoxy groups -OCH3 is 1. The number of carbonyl (C=O) groups excluding carboxylic acids is 1. The van der Waals surface area contributed by atoms with Gasteiger partial charge in [0.15, 0.2) is 0 Å². The fourth-order valence-electron chi connectivity index (χ4n) is 1.67. The number of carbonyl (C=O) groups is 1. The zero-order valence-corrected chi connectivity index (χ0v) is 9.30. The first kappa shape index (κ1) is 9.68. The molecule has 14 heavy (non-hydrogen) atoms. The Bertz CT molecular complexity index is 378. The van der Waals surface area contributed by atoms with Gasteiger partial charge in [0, 0.05) is 11.0 Å². The van der Waals surface area contributed by atoms with Crippen molar-refractivity contribution in [2.45, 2.75) is 12.6 Å². The van der Waals surface area contributed by atoms with Crippen LogP contribution in [0.2, 0.25) is 0 Å². The second kappa shape index (κ2) is 3.71. The quantitative estimate of drug-likeness (QED) is 0.778. The topological polar surface area (TPSA) is 38.3 Å². The molecule has 1 heterocycles. The lowest BCUT2D eigenvalue weighted by molar-refractivity contribution is -0.143. The van der Waals surface area contributed by atoms with Crippen molar-refractivity contribution in [3.63, 3.8) is 0 Å². The van der Waals surface area contributed by atoms with Crippen LogP contribution in [0, 0.1) is 0 Å². The Morgan fingerprint density at radius 1 is 1.64 bits per heavy atom. The number of esters is 1. The molecular formula is C10H10BrNO2. The molecule has 0 saturated heterocycles. The zero-order valence-electron chi connectivity index (χ0n) is 7.71. The van der Waals surface area contributed by atoms with Gasteiger partial charge in [-0.05, 0) is 17.2 Å². The van der Waals surface area contributed by atoms with Gasteiger partial charge in [0.25, 0.3) is 0 Å². The maximum Gasteiger partial charge on any atom is 0.327 e. The van der Waals surface area contributed by atoms with E-state index in [1.165, 1.54) is 7.11 Å². The van der Waals surface area contributed by atoms with Crippen LogP contribution in [-0.2, 0) is 16.1 Å². The summed E-state index contributed by atoms with van der Waals surface area (Å²) in [5.74, 6) is -0.234. The molecular weight excluding hydrogens is 246 g/mol. The second-order valence-corrected chi connectivity index (χ2v) is 4.00. The minimum atomic E-state index is -0.313. The average molecular weight is 256 g/mol. The number of hydrogen-bond acceptors (Lipinski definition) is 3. The molecule has 1 aliphatic heterocycles. The molecule has 0 aromatic heterocycles. The van der Waals surface area contributed by atoms with E-state index in [0.717, 1.165) is 15.6 Å². The molecule has 3 nitrogen and oxygen atoms in total. The highest BCUT2D eigenvalue weighted by Gasteiger charge is 2.29. The SMILES string of the molecule is COC(=O)C1NCc2c(Br)cccc21. The molecule has 1 N–H and O–H groups in total. The van der Waals surface area contributed by atoms with Crippen LogP contribution in [0.25, 0.3) is 0 Å². The average Bonchev–Trinajstić information content (AvgIpc) is 2.62. The summed E-state index contributed by atoms with van der Waals surface area (Å²) in [6.45, 7) is 0.705. The van der Waals surface area contributed by atoms with Crippen LogP contribution in [0.3, 0.4) is 0 Å². The van der Waals surface area contributed by atoms with Gasteiger partial charge in [-0.2, -0.15) is 0 Å². The predicted octanol–water partition coefficient (Wildman–Crippen LogP) is 1.77. The van der Waals surface area contributed by atoms with Crippen LogP contribution < -0.4 is 5.32 Å². The van der Waals surface area contributed by atoms with Crippen molar-refractivity contribution < 1.29 is 9.53 Å². The van der Waals surface area contributed by atoms with E-state index in [1.807, 2.05) is 18.2 Å². The van der Waals surface area contributed by atoms with Crippen LogP contribution in [0.4, 0.5) is 0 Å². The number of rotatable bonds is 1. The van der Waals surface area contributed by atoms with E-state index < -0.39 is 0 Å². The number of fused-ring (bicyclic) bond motifs is 1. The van der Waals surface area contributed by atoms with Gasteiger partial charge in [0.2, 0.25) is 0 Å². The van der Waals surface area contributed by atoms with E-state index in [-0.39, 0.29) is 12.0 Å². The lowest BCUT2D eigenvalue weighted by Crippen LogP contribution is -2.22. The second-order valence-electron chi connectivity index (χ2n) is 3.14. The fourth-order valence-corrected chi connectivity index (χ4v) is 2.20. The Labute approximate surface area is 90.6 Å². The normalized spacial score (nSPS) is 19.1. The highest BCUT2D eigenvalue weighted by atomic mass is 79.9. The summed E-state index contributed by atoms with van der Waals surface area (Å²) in [4.78, 5) is 11.4. The van der Waals surface area contributed by atoms with Crippen LogP contribution in [-0.4, -0.2) is 13.1 Å². The first-order valence-electron chi connectivity index (χ1n) is 4.32. The summed E-state index contributed by atoms with van der Waals surface area (Å²) in [5, 5.41) is 3.11. The Hall–Kier alpha value is -0.870. The summed E-state index contributed by atoms with van der Waals surface area (Å²) < 4.78 is 5.75. The van der Waals surface area contributed by atoms with Gasteiger partial charge >= 0.3 is 5.97 Å². The molecule has 0 bridgehead atoms. The van der Waals surface area contributed by atoms with Gasteiger partial charge in [-0.3, -0.25) is 5.32 Å². The van der Waals surface area contributed by atoms with Crippen molar-refractivity contribution >= 4 is 21.9 Å².